The number of aromatic nitrogens is 4. The van der Waals surface area contributed by atoms with Crippen LogP contribution in [-0.4, -0.2) is 21.9 Å². The van der Waals surface area contributed by atoms with Gasteiger partial charge in [-0.25, -0.2) is 4.68 Å². The van der Waals surface area contributed by atoms with Crippen LogP contribution in [0.1, 0.15) is 5.56 Å². The largest absolute Gasteiger partial charge is 0.619 e. The molecule has 0 aliphatic heterocycles. The molecule has 0 bridgehead atoms. The van der Waals surface area contributed by atoms with Gasteiger partial charge in [0.1, 0.15) is 17.0 Å². The maximum absolute atomic E-state index is 12.9. The van der Waals surface area contributed by atoms with Gasteiger partial charge in [-0.2, -0.15) is 9.83 Å². The fourth-order valence-corrected chi connectivity index (χ4v) is 2.89. The maximum Gasteiger partial charge on any atom is 0.276 e. The monoisotopic (exact) mass is 360 g/mol. The number of rotatable bonds is 4. The van der Waals surface area contributed by atoms with Crippen molar-refractivity contribution in [3.05, 3.63) is 88.2 Å². The molecule has 0 radical (unpaired) electrons. The molecule has 0 atom stereocenters. The molecule has 134 valence electrons. The molecule has 0 fully saturated rings. The number of benzene rings is 1. The lowest BCUT2D eigenvalue weighted by molar-refractivity contribution is -0.605. The summed E-state index contributed by atoms with van der Waals surface area (Å²) in [5, 5.41) is 16.3. The maximum atomic E-state index is 12.9. The van der Waals surface area contributed by atoms with E-state index >= 15 is 0 Å². The van der Waals surface area contributed by atoms with E-state index in [1.165, 1.54) is 17.1 Å². The van der Waals surface area contributed by atoms with Gasteiger partial charge in [-0.3, -0.25) is 9.78 Å². The summed E-state index contributed by atoms with van der Waals surface area (Å²) in [5.41, 5.74) is 2.57. The molecule has 7 nitrogen and oxygen atoms in total. The van der Waals surface area contributed by atoms with Gasteiger partial charge in [-0.05, 0) is 42.0 Å². The van der Waals surface area contributed by atoms with Gasteiger partial charge in [0.05, 0.1) is 19.0 Å². The molecular formula is C20H16N4O3. The van der Waals surface area contributed by atoms with Crippen molar-refractivity contribution in [3.8, 4) is 17.0 Å². The molecule has 0 amide bonds. The highest BCUT2D eigenvalue weighted by atomic mass is 16.5. The minimum atomic E-state index is -0.228. The Hall–Kier alpha value is -3.74. The van der Waals surface area contributed by atoms with E-state index in [1.54, 1.807) is 37.6 Å². The minimum absolute atomic E-state index is 0.228. The van der Waals surface area contributed by atoms with Crippen LogP contribution >= 0.6 is 0 Å². The summed E-state index contributed by atoms with van der Waals surface area (Å²) in [6.07, 6.45) is 4.44. The summed E-state index contributed by atoms with van der Waals surface area (Å²) in [5.74, 6) is 0.736. The summed E-state index contributed by atoms with van der Waals surface area (Å²) >= 11 is 0. The van der Waals surface area contributed by atoms with Crippen molar-refractivity contribution in [2.75, 3.05) is 7.11 Å². The highest BCUT2D eigenvalue weighted by Crippen LogP contribution is 2.25. The lowest BCUT2D eigenvalue weighted by Gasteiger charge is -2.11. The third kappa shape index (κ3) is 3.22. The van der Waals surface area contributed by atoms with E-state index in [1.807, 2.05) is 24.3 Å². The Bertz CT molecular complexity index is 1150. The second-order valence-corrected chi connectivity index (χ2v) is 6.01. The van der Waals surface area contributed by atoms with Crippen molar-refractivity contribution in [1.29, 1.82) is 0 Å². The Morgan fingerprint density at radius 1 is 1.11 bits per heavy atom. The first kappa shape index (κ1) is 16.7. The first-order chi connectivity index (χ1) is 13.2. The molecule has 3 aromatic heterocycles. The first-order valence-electron chi connectivity index (χ1n) is 8.33. The van der Waals surface area contributed by atoms with Crippen molar-refractivity contribution in [3.63, 3.8) is 0 Å². The molecule has 7 heteroatoms. The van der Waals surface area contributed by atoms with Crippen molar-refractivity contribution in [2.24, 2.45) is 0 Å². The molecule has 0 saturated heterocycles. The summed E-state index contributed by atoms with van der Waals surface area (Å²) in [6.45, 7) is 0.258. The van der Waals surface area contributed by atoms with Crippen molar-refractivity contribution >= 4 is 10.9 Å². The van der Waals surface area contributed by atoms with E-state index in [4.69, 9.17) is 4.74 Å². The molecule has 0 saturated carbocycles. The fourth-order valence-electron chi connectivity index (χ4n) is 2.89. The molecule has 0 N–H and O–H groups in total. The van der Waals surface area contributed by atoms with Gasteiger partial charge in [0, 0.05) is 23.9 Å². The number of fused-ring (bicyclic) bond motifs is 1. The normalized spacial score (nSPS) is 10.9. The smallest absolute Gasteiger partial charge is 0.276 e. The topological polar surface area (TPSA) is 84.0 Å². The Morgan fingerprint density at radius 2 is 1.85 bits per heavy atom. The molecule has 0 spiro atoms. The third-order valence-corrected chi connectivity index (χ3v) is 4.28. The van der Waals surface area contributed by atoms with Gasteiger partial charge >= 0.3 is 0 Å². The molecule has 3 heterocycles. The zero-order valence-electron chi connectivity index (χ0n) is 14.6. The minimum Gasteiger partial charge on any atom is -0.619 e. The first-order valence-corrected chi connectivity index (χ1v) is 8.33. The third-order valence-electron chi connectivity index (χ3n) is 4.28. The molecule has 0 aliphatic carbocycles. The van der Waals surface area contributed by atoms with Crippen molar-refractivity contribution in [1.82, 2.24) is 14.8 Å². The number of pyridine rings is 2. The Kier molecular flexibility index (Phi) is 4.25. The SMILES string of the molecule is COc1ccc(-c2nn(Cc3cc[n+]([O-])cc3)c(=O)c3cccnc23)cc1. The molecular weight excluding hydrogens is 344 g/mol. The van der Waals surface area contributed by atoms with Crippen LogP contribution < -0.4 is 15.0 Å². The van der Waals surface area contributed by atoms with E-state index in [2.05, 4.69) is 10.1 Å². The predicted octanol–water partition coefficient (Wildman–Crippen LogP) is 2.15. The lowest BCUT2D eigenvalue weighted by Crippen LogP contribution is -2.27. The number of ether oxygens (including phenoxy) is 1. The standard InChI is InChI=1S/C20H16N4O3/c1-27-16-6-4-15(5-7-16)18-19-17(3-2-10-21-19)20(25)24(22-18)13-14-8-11-23(26)12-9-14/h2-12H,13H2,1H3. The Balaban J connectivity index is 1.88. The molecule has 4 rings (SSSR count). The van der Waals surface area contributed by atoms with Gasteiger partial charge < -0.3 is 9.94 Å². The highest BCUT2D eigenvalue weighted by Gasteiger charge is 2.14. The summed E-state index contributed by atoms with van der Waals surface area (Å²) in [4.78, 5) is 17.2. The fraction of sp³-hybridized carbons (Fsp3) is 0.100. The second kappa shape index (κ2) is 6.87. The van der Waals surface area contributed by atoms with Crippen molar-refractivity contribution < 1.29 is 9.47 Å². The van der Waals surface area contributed by atoms with Gasteiger partial charge in [-0.1, -0.05) is 0 Å². The van der Waals surface area contributed by atoms with E-state index in [-0.39, 0.29) is 12.1 Å². The molecule has 27 heavy (non-hydrogen) atoms. The number of hydrogen-bond acceptors (Lipinski definition) is 5. The molecule has 0 aliphatic rings. The summed E-state index contributed by atoms with van der Waals surface area (Å²) in [7, 11) is 1.61. The van der Waals surface area contributed by atoms with Gasteiger partial charge in [0.25, 0.3) is 5.56 Å². The van der Waals surface area contributed by atoms with Crippen LogP contribution in [0.2, 0.25) is 0 Å². The van der Waals surface area contributed by atoms with Crippen LogP contribution in [0.5, 0.6) is 5.75 Å². The average molecular weight is 360 g/mol. The zero-order valence-corrected chi connectivity index (χ0v) is 14.6. The van der Waals surface area contributed by atoms with Crippen LogP contribution in [0.25, 0.3) is 22.2 Å². The second-order valence-electron chi connectivity index (χ2n) is 6.01. The number of hydrogen-bond donors (Lipinski definition) is 0. The zero-order chi connectivity index (χ0) is 18.8. The van der Waals surface area contributed by atoms with E-state index in [9.17, 15) is 10.0 Å². The van der Waals surface area contributed by atoms with Crippen LogP contribution in [0.4, 0.5) is 0 Å². The van der Waals surface area contributed by atoms with E-state index in [0.717, 1.165) is 16.9 Å². The van der Waals surface area contributed by atoms with Crippen LogP contribution in [0.3, 0.4) is 0 Å². The van der Waals surface area contributed by atoms with Crippen LogP contribution in [0.15, 0.2) is 71.9 Å². The van der Waals surface area contributed by atoms with Gasteiger partial charge in [0.15, 0.2) is 12.4 Å². The van der Waals surface area contributed by atoms with Crippen molar-refractivity contribution in [2.45, 2.75) is 6.54 Å². The summed E-state index contributed by atoms with van der Waals surface area (Å²) < 4.78 is 7.30. The van der Waals surface area contributed by atoms with E-state index < -0.39 is 0 Å². The number of methoxy groups -OCH3 is 1. The summed E-state index contributed by atoms with van der Waals surface area (Å²) in [6, 6.07) is 14.3. The number of nitrogens with zero attached hydrogens (tertiary/aromatic N) is 4. The molecule has 0 unspecified atom stereocenters. The van der Waals surface area contributed by atoms with Gasteiger partial charge in [0.2, 0.25) is 0 Å². The predicted molar refractivity (Wildman–Crippen MR) is 100 cm³/mol. The average Bonchev–Trinajstić information content (AvgIpc) is 2.72. The lowest BCUT2D eigenvalue weighted by atomic mass is 10.1. The quantitative estimate of drug-likeness (QED) is 0.411. The molecule has 4 aromatic rings. The highest BCUT2D eigenvalue weighted by molar-refractivity contribution is 5.90. The Labute approximate surface area is 154 Å². The van der Waals surface area contributed by atoms with Crippen LogP contribution in [-0.2, 0) is 6.54 Å². The van der Waals surface area contributed by atoms with E-state index in [0.29, 0.717) is 21.3 Å². The van der Waals surface area contributed by atoms with Gasteiger partial charge in [-0.15, -0.1) is 0 Å². The van der Waals surface area contributed by atoms with Crippen LogP contribution in [0, 0.1) is 5.21 Å². The Morgan fingerprint density at radius 3 is 2.56 bits per heavy atom. The molecule has 1 aromatic carbocycles.